The molecular weight excluding hydrogens is 309 g/mol. The number of benzene rings is 1. The maximum atomic E-state index is 12.0. The lowest BCUT2D eigenvalue weighted by Gasteiger charge is -2.30. The molecule has 21 heavy (non-hydrogen) atoms. The summed E-state index contributed by atoms with van der Waals surface area (Å²) in [6.07, 6.45) is 7.14. The van der Waals surface area contributed by atoms with E-state index in [1.807, 2.05) is 0 Å². The molecule has 0 saturated heterocycles. The lowest BCUT2D eigenvalue weighted by atomic mass is 9.85. The van der Waals surface area contributed by atoms with Crippen LogP contribution in [0, 0.1) is 5.92 Å². The van der Waals surface area contributed by atoms with Crippen molar-refractivity contribution in [3.05, 3.63) is 39.9 Å². The molecule has 1 aliphatic carbocycles. The summed E-state index contributed by atoms with van der Waals surface area (Å²) >= 11 is 12.1. The molecular formula is C16H19Cl2NO2. The Labute approximate surface area is 134 Å². The lowest BCUT2D eigenvalue weighted by Crippen LogP contribution is -2.42. The number of carbonyl (C=O) groups excluding carboxylic acids is 1. The van der Waals surface area contributed by atoms with E-state index >= 15 is 0 Å². The third-order valence-corrected chi connectivity index (χ3v) is 4.53. The fourth-order valence-corrected chi connectivity index (χ4v) is 3.20. The number of carbonyl (C=O) groups is 1. The molecule has 2 unspecified atom stereocenters. The molecule has 1 amide bonds. The zero-order valence-corrected chi connectivity index (χ0v) is 13.2. The molecule has 0 spiro atoms. The summed E-state index contributed by atoms with van der Waals surface area (Å²) in [5.74, 6) is -0.0312. The van der Waals surface area contributed by atoms with Gasteiger partial charge >= 0.3 is 0 Å². The van der Waals surface area contributed by atoms with Gasteiger partial charge in [-0.3, -0.25) is 4.79 Å². The number of rotatable bonds is 4. The molecule has 0 bridgehead atoms. The number of aliphatic hydroxyl groups excluding tert-OH is 1. The first kappa shape index (κ1) is 16.3. The average molecular weight is 328 g/mol. The van der Waals surface area contributed by atoms with E-state index < -0.39 is 0 Å². The molecule has 1 saturated carbocycles. The molecule has 1 aliphatic rings. The van der Waals surface area contributed by atoms with Crippen LogP contribution in [0.3, 0.4) is 0 Å². The summed E-state index contributed by atoms with van der Waals surface area (Å²) in [7, 11) is 0. The van der Waals surface area contributed by atoms with Crippen LogP contribution in [-0.2, 0) is 4.79 Å². The minimum absolute atomic E-state index is 0.0441. The Balaban J connectivity index is 1.99. The van der Waals surface area contributed by atoms with Crippen LogP contribution in [-0.4, -0.2) is 23.7 Å². The molecule has 1 aromatic carbocycles. The van der Waals surface area contributed by atoms with Gasteiger partial charge in [0.2, 0.25) is 5.91 Å². The third-order valence-electron chi connectivity index (χ3n) is 3.87. The van der Waals surface area contributed by atoms with Crippen LogP contribution in [0.25, 0.3) is 6.08 Å². The Kier molecular flexibility index (Phi) is 6.09. The first-order valence-corrected chi connectivity index (χ1v) is 7.91. The van der Waals surface area contributed by atoms with Gasteiger partial charge in [0.25, 0.3) is 0 Å². The van der Waals surface area contributed by atoms with Gasteiger partial charge in [0.15, 0.2) is 0 Å². The summed E-state index contributed by atoms with van der Waals surface area (Å²) in [6.45, 7) is 0.116. The predicted octanol–water partition coefficient (Wildman–Crippen LogP) is 3.67. The van der Waals surface area contributed by atoms with Crippen molar-refractivity contribution >= 4 is 35.2 Å². The van der Waals surface area contributed by atoms with Gasteiger partial charge in [0.05, 0.1) is 0 Å². The van der Waals surface area contributed by atoms with Gasteiger partial charge < -0.3 is 10.4 Å². The third kappa shape index (κ3) is 4.47. The lowest BCUT2D eigenvalue weighted by molar-refractivity contribution is -0.117. The Morgan fingerprint density at radius 1 is 1.29 bits per heavy atom. The number of halogens is 2. The highest BCUT2D eigenvalue weighted by molar-refractivity contribution is 6.37. The molecule has 114 valence electrons. The number of hydrogen-bond acceptors (Lipinski definition) is 2. The standard InChI is InChI=1S/C16H19Cl2NO2/c17-13-5-3-6-14(18)12(13)8-9-16(21)19-15-7-2-1-4-11(15)10-20/h3,5-6,8-9,11,15,20H,1-2,4,7,10H2,(H,19,21)/b9-8+. The number of nitrogens with one attached hydrogen (secondary N) is 1. The van der Waals surface area contributed by atoms with Crippen molar-refractivity contribution in [1.82, 2.24) is 5.32 Å². The second-order valence-electron chi connectivity index (χ2n) is 5.31. The van der Waals surface area contributed by atoms with E-state index in [0.717, 1.165) is 25.7 Å². The van der Waals surface area contributed by atoms with Crippen molar-refractivity contribution in [2.75, 3.05) is 6.61 Å². The van der Waals surface area contributed by atoms with Crippen molar-refractivity contribution in [2.45, 2.75) is 31.7 Å². The van der Waals surface area contributed by atoms with Gasteiger partial charge in [-0.25, -0.2) is 0 Å². The van der Waals surface area contributed by atoms with E-state index in [-0.39, 0.29) is 24.5 Å². The zero-order chi connectivity index (χ0) is 15.2. The Bertz CT molecular complexity index is 511. The average Bonchev–Trinajstić information content (AvgIpc) is 2.47. The molecule has 2 rings (SSSR count). The highest BCUT2D eigenvalue weighted by atomic mass is 35.5. The van der Waals surface area contributed by atoms with Crippen LogP contribution in [0.1, 0.15) is 31.2 Å². The minimum Gasteiger partial charge on any atom is -0.396 e. The SMILES string of the molecule is O=C(/C=C/c1c(Cl)cccc1Cl)NC1CCCCC1CO. The molecule has 1 aromatic rings. The van der Waals surface area contributed by atoms with E-state index in [0.29, 0.717) is 15.6 Å². The largest absolute Gasteiger partial charge is 0.396 e. The quantitative estimate of drug-likeness (QED) is 0.829. The Morgan fingerprint density at radius 3 is 2.62 bits per heavy atom. The fraction of sp³-hybridized carbons (Fsp3) is 0.438. The van der Waals surface area contributed by atoms with E-state index in [1.54, 1.807) is 24.3 Å². The molecule has 2 N–H and O–H groups in total. The molecule has 2 atom stereocenters. The Hall–Kier alpha value is -1.03. The van der Waals surface area contributed by atoms with Crippen LogP contribution >= 0.6 is 23.2 Å². The summed E-state index contributed by atoms with van der Waals surface area (Å²) in [6, 6.07) is 5.26. The summed E-state index contributed by atoms with van der Waals surface area (Å²) in [5, 5.41) is 13.3. The van der Waals surface area contributed by atoms with Gasteiger partial charge in [-0.2, -0.15) is 0 Å². The van der Waals surface area contributed by atoms with Crippen molar-refractivity contribution in [3.8, 4) is 0 Å². The van der Waals surface area contributed by atoms with Crippen LogP contribution in [0.5, 0.6) is 0 Å². The monoisotopic (exact) mass is 327 g/mol. The molecule has 0 aliphatic heterocycles. The first-order chi connectivity index (χ1) is 10.1. The first-order valence-electron chi connectivity index (χ1n) is 7.15. The van der Waals surface area contributed by atoms with E-state index in [1.165, 1.54) is 6.08 Å². The summed E-state index contributed by atoms with van der Waals surface area (Å²) < 4.78 is 0. The van der Waals surface area contributed by atoms with Crippen molar-refractivity contribution in [1.29, 1.82) is 0 Å². The molecule has 1 fully saturated rings. The van der Waals surface area contributed by atoms with Crippen LogP contribution < -0.4 is 5.32 Å². The maximum absolute atomic E-state index is 12.0. The maximum Gasteiger partial charge on any atom is 0.244 e. The second kappa shape index (κ2) is 7.83. The number of aliphatic hydroxyl groups is 1. The van der Waals surface area contributed by atoms with Crippen LogP contribution in [0.15, 0.2) is 24.3 Å². The Morgan fingerprint density at radius 2 is 1.95 bits per heavy atom. The molecule has 3 nitrogen and oxygen atoms in total. The van der Waals surface area contributed by atoms with Gasteiger partial charge in [0, 0.05) is 40.3 Å². The van der Waals surface area contributed by atoms with E-state index in [9.17, 15) is 9.90 Å². The summed E-state index contributed by atoms with van der Waals surface area (Å²) in [4.78, 5) is 12.0. The second-order valence-corrected chi connectivity index (χ2v) is 6.13. The summed E-state index contributed by atoms with van der Waals surface area (Å²) in [5.41, 5.74) is 0.637. The minimum atomic E-state index is -0.184. The van der Waals surface area contributed by atoms with Gasteiger partial charge in [-0.15, -0.1) is 0 Å². The van der Waals surface area contributed by atoms with E-state index in [4.69, 9.17) is 23.2 Å². The molecule has 0 radical (unpaired) electrons. The van der Waals surface area contributed by atoms with Crippen molar-refractivity contribution in [2.24, 2.45) is 5.92 Å². The fourth-order valence-electron chi connectivity index (χ4n) is 2.68. The number of hydrogen-bond donors (Lipinski definition) is 2. The smallest absolute Gasteiger partial charge is 0.244 e. The highest BCUT2D eigenvalue weighted by Crippen LogP contribution is 2.26. The van der Waals surface area contributed by atoms with Gasteiger partial charge in [-0.1, -0.05) is 42.1 Å². The van der Waals surface area contributed by atoms with Gasteiger partial charge in [-0.05, 0) is 31.1 Å². The van der Waals surface area contributed by atoms with Crippen molar-refractivity contribution < 1.29 is 9.90 Å². The van der Waals surface area contributed by atoms with Crippen molar-refractivity contribution in [3.63, 3.8) is 0 Å². The normalized spacial score (nSPS) is 22.4. The van der Waals surface area contributed by atoms with E-state index in [2.05, 4.69) is 5.32 Å². The molecule has 5 heteroatoms. The molecule has 0 aromatic heterocycles. The van der Waals surface area contributed by atoms with Crippen LogP contribution in [0.4, 0.5) is 0 Å². The van der Waals surface area contributed by atoms with Crippen LogP contribution in [0.2, 0.25) is 10.0 Å². The topological polar surface area (TPSA) is 49.3 Å². The predicted molar refractivity (Wildman–Crippen MR) is 86.5 cm³/mol. The zero-order valence-electron chi connectivity index (χ0n) is 11.7. The van der Waals surface area contributed by atoms with Gasteiger partial charge in [0.1, 0.15) is 0 Å². The number of amides is 1. The highest BCUT2D eigenvalue weighted by Gasteiger charge is 2.25. The molecule has 0 heterocycles.